The van der Waals surface area contributed by atoms with Crippen molar-refractivity contribution in [2.24, 2.45) is 5.92 Å². The Morgan fingerprint density at radius 3 is 2.69 bits per heavy atom. The molecule has 0 bridgehead atoms. The van der Waals surface area contributed by atoms with E-state index in [9.17, 15) is 17.6 Å². The summed E-state index contributed by atoms with van der Waals surface area (Å²) in [6.07, 6.45) is 3.98. The second kappa shape index (κ2) is 9.76. The summed E-state index contributed by atoms with van der Waals surface area (Å²) in [6, 6.07) is 11.2. The van der Waals surface area contributed by atoms with Crippen LogP contribution < -0.4 is 10.1 Å². The molecule has 1 aliphatic rings. The van der Waals surface area contributed by atoms with E-state index >= 15 is 0 Å². The van der Waals surface area contributed by atoms with Crippen molar-refractivity contribution >= 4 is 27.3 Å². The Morgan fingerprint density at radius 1 is 1.22 bits per heavy atom. The van der Waals surface area contributed by atoms with Gasteiger partial charge in [-0.1, -0.05) is 12.1 Å². The van der Waals surface area contributed by atoms with Gasteiger partial charge in [0.15, 0.2) is 11.6 Å². The van der Waals surface area contributed by atoms with Gasteiger partial charge in [0.1, 0.15) is 9.96 Å². The van der Waals surface area contributed by atoms with Crippen LogP contribution in [0.25, 0.3) is 0 Å². The minimum atomic E-state index is -3.49. The Bertz CT molecular complexity index is 1160. The number of amides is 1. The van der Waals surface area contributed by atoms with Crippen LogP contribution in [0.4, 0.5) is 4.39 Å². The lowest BCUT2D eigenvalue weighted by Crippen LogP contribution is -2.42. The van der Waals surface area contributed by atoms with Crippen molar-refractivity contribution in [3.8, 4) is 11.5 Å². The zero-order valence-corrected chi connectivity index (χ0v) is 18.7. The number of sulfonamides is 1. The number of rotatable bonds is 7. The lowest BCUT2D eigenvalue weighted by atomic mass is 9.97. The topological polar surface area (TPSA) is 88.6 Å². The van der Waals surface area contributed by atoms with Gasteiger partial charge in [0.05, 0.1) is 6.20 Å². The van der Waals surface area contributed by atoms with Crippen molar-refractivity contribution in [2.45, 2.75) is 23.6 Å². The predicted molar refractivity (Wildman–Crippen MR) is 118 cm³/mol. The zero-order chi connectivity index (χ0) is 22.6. The molecule has 3 aromatic rings. The van der Waals surface area contributed by atoms with Crippen LogP contribution in [-0.2, 0) is 21.4 Å². The average molecular weight is 476 g/mol. The third-order valence-corrected chi connectivity index (χ3v) is 8.51. The first-order chi connectivity index (χ1) is 15.4. The minimum Gasteiger partial charge on any atom is -0.453 e. The summed E-state index contributed by atoms with van der Waals surface area (Å²) in [7, 11) is -3.49. The number of piperidine rings is 1. The number of nitrogens with one attached hydrogen (secondary N) is 1. The fourth-order valence-corrected chi connectivity index (χ4v) is 6.12. The second-order valence-corrected chi connectivity index (χ2v) is 10.5. The molecule has 32 heavy (non-hydrogen) atoms. The molecule has 7 nitrogen and oxygen atoms in total. The molecule has 0 radical (unpaired) electrons. The van der Waals surface area contributed by atoms with E-state index in [2.05, 4.69) is 10.3 Å². The third kappa shape index (κ3) is 5.14. The number of pyridine rings is 1. The number of aromatic nitrogens is 1. The van der Waals surface area contributed by atoms with E-state index in [-0.39, 0.29) is 24.1 Å². The van der Waals surface area contributed by atoms with Gasteiger partial charge in [-0.15, -0.1) is 11.3 Å². The van der Waals surface area contributed by atoms with Gasteiger partial charge in [-0.3, -0.25) is 9.78 Å². The summed E-state index contributed by atoms with van der Waals surface area (Å²) in [5, 5.41) is 4.55. The van der Waals surface area contributed by atoms with Crippen molar-refractivity contribution in [3.63, 3.8) is 0 Å². The molecule has 0 spiro atoms. The maximum Gasteiger partial charge on any atom is 0.252 e. The Morgan fingerprint density at radius 2 is 2.03 bits per heavy atom. The molecule has 1 saturated heterocycles. The minimum absolute atomic E-state index is 0.0763. The molecular weight excluding hydrogens is 453 g/mol. The van der Waals surface area contributed by atoms with E-state index in [1.54, 1.807) is 41.9 Å². The molecule has 4 rings (SSSR count). The monoisotopic (exact) mass is 475 g/mol. The molecule has 0 atom stereocenters. The highest BCUT2D eigenvalue weighted by Gasteiger charge is 2.32. The van der Waals surface area contributed by atoms with E-state index in [1.807, 2.05) is 0 Å². The van der Waals surface area contributed by atoms with Crippen LogP contribution in [0.15, 0.2) is 64.4 Å². The molecule has 1 amide bonds. The lowest BCUT2D eigenvalue weighted by Gasteiger charge is -2.30. The van der Waals surface area contributed by atoms with Crippen LogP contribution in [0.5, 0.6) is 11.5 Å². The first kappa shape index (κ1) is 22.4. The molecule has 0 saturated carbocycles. The quantitative estimate of drug-likeness (QED) is 0.562. The van der Waals surface area contributed by atoms with Crippen LogP contribution in [0.1, 0.15) is 18.4 Å². The molecule has 0 aliphatic carbocycles. The molecule has 1 aliphatic heterocycles. The van der Waals surface area contributed by atoms with Gasteiger partial charge < -0.3 is 10.1 Å². The standard InChI is InChI=1S/C22H22FN3O4S2/c23-19-13-16(5-6-20(19)30-18-3-1-9-24-15-18)14-25-22(27)17-7-10-26(11-8-17)32(28,29)21-4-2-12-31-21/h1-6,9,12-13,15,17H,7-8,10-11,14H2,(H,25,27). The molecule has 3 heterocycles. The number of hydrogen-bond donors (Lipinski definition) is 1. The van der Waals surface area contributed by atoms with E-state index in [0.717, 1.165) is 0 Å². The van der Waals surface area contributed by atoms with Gasteiger partial charge >= 0.3 is 0 Å². The molecule has 0 unspecified atom stereocenters. The zero-order valence-electron chi connectivity index (χ0n) is 17.1. The van der Waals surface area contributed by atoms with Crippen LogP contribution in [0, 0.1) is 11.7 Å². The van der Waals surface area contributed by atoms with Gasteiger partial charge in [-0.05, 0) is 54.1 Å². The number of carbonyl (C=O) groups is 1. The van der Waals surface area contributed by atoms with Crippen molar-refractivity contribution in [1.29, 1.82) is 0 Å². The summed E-state index contributed by atoms with van der Waals surface area (Å²) in [5.41, 5.74) is 0.604. The predicted octanol–water partition coefficient (Wildman–Crippen LogP) is 3.79. The van der Waals surface area contributed by atoms with Gasteiger partial charge in [0, 0.05) is 31.7 Å². The number of hydrogen-bond acceptors (Lipinski definition) is 6. The van der Waals surface area contributed by atoms with E-state index in [1.165, 1.54) is 34.0 Å². The number of benzene rings is 1. The van der Waals surface area contributed by atoms with Crippen LogP contribution in [0.2, 0.25) is 0 Å². The molecule has 1 fully saturated rings. The average Bonchev–Trinajstić information content (AvgIpc) is 3.36. The van der Waals surface area contributed by atoms with Gasteiger partial charge in [0.2, 0.25) is 5.91 Å². The molecule has 2 aromatic heterocycles. The second-order valence-electron chi connectivity index (χ2n) is 7.38. The molecule has 1 N–H and O–H groups in total. The number of ether oxygens (including phenoxy) is 1. The lowest BCUT2D eigenvalue weighted by molar-refractivity contribution is -0.126. The summed E-state index contributed by atoms with van der Waals surface area (Å²) in [6.45, 7) is 0.775. The Labute approximate surface area is 189 Å². The van der Waals surface area contributed by atoms with Gasteiger partial charge in [0.25, 0.3) is 10.0 Å². The first-order valence-electron chi connectivity index (χ1n) is 10.1. The maximum atomic E-state index is 14.4. The van der Waals surface area contributed by atoms with Crippen molar-refractivity contribution < 1.29 is 22.3 Å². The largest absolute Gasteiger partial charge is 0.453 e. The smallest absolute Gasteiger partial charge is 0.252 e. The molecule has 168 valence electrons. The van der Waals surface area contributed by atoms with Crippen LogP contribution in [-0.4, -0.2) is 36.7 Å². The number of carbonyl (C=O) groups excluding carboxylic acids is 1. The SMILES string of the molecule is O=C(NCc1ccc(Oc2cccnc2)c(F)c1)C1CCN(S(=O)(=O)c2cccs2)CC1. The van der Waals surface area contributed by atoms with Crippen molar-refractivity contribution in [1.82, 2.24) is 14.6 Å². The molecule has 1 aromatic carbocycles. The highest BCUT2D eigenvalue weighted by molar-refractivity contribution is 7.91. The Balaban J connectivity index is 1.28. The Hall–Kier alpha value is -2.82. The first-order valence-corrected chi connectivity index (χ1v) is 12.4. The van der Waals surface area contributed by atoms with Crippen LogP contribution in [0.3, 0.4) is 0 Å². The van der Waals surface area contributed by atoms with E-state index in [4.69, 9.17) is 4.74 Å². The van der Waals surface area contributed by atoms with Crippen molar-refractivity contribution in [3.05, 3.63) is 71.6 Å². The van der Waals surface area contributed by atoms with Crippen LogP contribution >= 0.6 is 11.3 Å². The number of nitrogens with zero attached hydrogens (tertiary/aromatic N) is 2. The maximum absolute atomic E-state index is 14.4. The number of thiophene rings is 1. The number of halogens is 1. The highest BCUT2D eigenvalue weighted by Crippen LogP contribution is 2.27. The molecule has 10 heteroatoms. The third-order valence-electron chi connectivity index (χ3n) is 5.24. The summed E-state index contributed by atoms with van der Waals surface area (Å²) in [4.78, 5) is 16.5. The van der Waals surface area contributed by atoms with Crippen molar-refractivity contribution in [2.75, 3.05) is 13.1 Å². The summed E-state index contributed by atoms with van der Waals surface area (Å²) >= 11 is 1.19. The highest BCUT2D eigenvalue weighted by atomic mass is 32.2. The normalized spacial score (nSPS) is 15.4. The van der Waals surface area contributed by atoms with Gasteiger partial charge in [-0.25, -0.2) is 12.8 Å². The van der Waals surface area contributed by atoms with Gasteiger partial charge in [-0.2, -0.15) is 4.31 Å². The van der Waals surface area contributed by atoms with E-state index in [0.29, 0.717) is 41.5 Å². The summed E-state index contributed by atoms with van der Waals surface area (Å²) < 4.78 is 46.8. The van der Waals surface area contributed by atoms with E-state index < -0.39 is 15.8 Å². The molecular formula is C22H22FN3O4S2. The summed E-state index contributed by atoms with van der Waals surface area (Å²) in [5.74, 6) is -0.461. The fourth-order valence-electron chi connectivity index (χ4n) is 3.50. The fraction of sp³-hybridized carbons (Fsp3) is 0.273. The Kier molecular flexibility index (Phi) is 6.83.